The molecule has 2 rings (SSSR count). The van der Waals surface area contributed by atoms with Gasteiger partial charge in [0.2, 0.25) is 0 Å². The number of hydrogen-bond donors (Lipinski definition) is 1. The molecular weight excluding hydrogens is 296 g/mol. The summed E-state index contributed by atoms with van der Waals surface area (Å²) in [5.74, 6) is 0. The summed E-state index contributed by atoms with van der Waals surface area (Å²) < 4.78 is 23.5. The van der Waals surface area contributed by atoms with Gasteiger partial charge in [0.15, 0.2) is 9.84 Å². The first-order valence-electron chi connectivity index (χ1n) is 6.71. The van der Waals surface area contributed by atoms with Gasteiger partial charge in [-0.1, -0.05) is 11.6 Å². The summed E-state index contributed by atoms with van der Waals surface area (Å²) in [6, 6.07) is 5.72. The fraction of sp³-hybridized carbons (Fsp3) is 0.571. The first-order chi connectivity index (χ1) is 9.29. The van der Waals surface area contributed by atoms with Crippen LogP contribution < -0.4 is 10.2 Å². The highest BCUT2D eigenvalue weighted by atomic mass is 35.5. The maximum Gasteiger partial charge on any atom is 0.152 e. The van der Waals surface area contributed by atoms with E-state index in [4.69, 9.17) is 11.6 Å². The molecule has 2 unspecified atom stereocenters. The van der Waals surface area contributed by atoms with Gasteiger partial charge in [-0.25, -0.2) is 8.42 Å². The minimum Gasteiger partial charge on any atom is -0.381 e. The standard InChI is InChI=1S/C14H21ClN2O2S/c1-17(2)13-8-7-10(9-11(13)15)16-12-5-4-6-14(12)20(3,18)19/h7-9,12,14,16H,4-6H2,1-3H3. The fourth-order valence-corrected chi connectivity index (χ4v) is 4.52. The van der Waals surface area contributed by atoms with E-state index in [1.54, 1.807) is 0 Å². The zero-order chi connectivity index (χ0) is 14.9. The third-order valence-electron chi connectivity index (χ3n) is 3.78. The molecule has 0 aliphatic heterocycles. The van der Waals surface area contributed by atoms with Gasteiger partial charge in [-0.2, -0.15) is 0 Å². The van der Waals surface area contributed by atoms with Crippen LogP contribution >= 0.6 is 11.6 Å². The number of nitrogens with zero attached hydrogens (tertiary/aromatic N) is 1. The second-order valence-electron chi connectivity index (χ2n) is 5.61. The van der Waals surface area contributed by atoms with E-state index in [1.165, 1.54) is 6.26 Å². The van der Waals surface area contributed by atoms with E-state index in [9.17, 15) is 8.42 Å². The Balaban J connectivity index is 2.16. The SMILES string of the molecule is CN(C)c1ccc(NC2CCCC2S(C)(=O)=O)cc1Cl. The molecule has 0 aromatic heterocycles. The largest absolute Gasteiger partial charge is 0.381 e. The third kappa shape index (κ3) is 3.38. The summed E-state index contributed by atoms with van der Waals surface area (Å²) in [5.41, 5.74) is 1.82. The van der Waals surface area contributed by atoms with E-state index >= 15 is 0 Å². The van der Waals surface area contributed by atoms with Crippen LogP contribution in [0, 0.1) is 0 Å². The van der Waals surface area contributed by atoms with Gasteiger partial charge in [-0.3, -0.25) is 0 Å². The molecule has 20 heavy (non-hydrogen) atoms. The highest BCUT2D eigenvalue weighted by Gasteiger charge is 2.34. The Kier molecular flexibility index (Phi) is 4.49. The molecule has 112 valence electrons. The van der Waals surface area contributed by atoms with Crippen molar-refractivity contribution >= 4 is 32.8 Å². The molecule has 1 aliphatic carbocycles. The quantitative estimate of drug-likeness (QED) is 0.928. The van der Waals surface area contributed by atoms with Crippen LogP contribution in [0.2, 0.25) is 5.02 Å². The van der Waals surface area contributed by atoms with Gasteiger partial charge in [-0.15, -0.1) is 0 Å². The molecule has 1 N–H and O–H groups in total. The zero-order valence-electron chi connectivity index (χ0n) is 12.1. The van der Waals surface area contributed by atoms with Gasteiger partial charge >= 0.3 is 0 Å². The van der Waals surface area contributed by atoms with Gasteiger partial charge in [0.1, 0.15) is 0 Å². The van der Waals surface area contributed by atoms with Gasteiger partial charge in [-0.05, 0) is 37.5 Å². The molecular formula is C14H21ClN2O2S. The average molecular weight is 317 g/mol. The summed E-state index contributed by atoms with van der Waals surface area (Å²) in [5, 5.41) is 3.69. The minimum atomic E-state index is -3.01. The Bertz CT molecular complexity index is 587. The zero-order valence-corrected chi connectivity index (χ0v) is 13.6. The predicted molar refractivity (Wildman–Crippen MR) is 85.7 cm³/mol. The molecule has 1 aromatic rings. The number of nitrogens with one attached hydrogen (secondary N) is 1. The maximum atomic E-state index is 11.8. The molecule has 1 aliphatic rings. The van der Waals surface area contributed by atoms with Crippen LogP contribution in [0.4, 0.5) is 11.4 Å². The van der Waals surface area contributed by atoms with Crippen molar-refractivity contribution < 1.29 is 8.42 Å². The van der Waals surface area contributed by atoms with Crippen LogP contribution in [0.25, 0.3) is 0 Å². The van der Waals surface area contributed by atoms with Crippen LogP contribution in [-0.4, -0.2) is 40.1 Å². The van der Waals surface area contributed by atoms with Gasteiger partial charge < -0.3 is 10.2 Å². The lowest BCUT2D eigenvalue weighted by atomic mass is 10.2. The van der Waals surface area contributed by atoms with E-state index in [0.717, 1.165) is 30.6 Å². The van der Waals surface area contributed by atoms with E-state index in [0.29, 0.717) is 5.02 Å². The topological polar surface area (TPSA) is 49.4 Å². The van der Waals surface area contributed by atoms with E-state index in [-0.39, 0.29) is 11.3 Å². The summed E-state index contributed by atoms with van der Waals surface area (Å²) >= 11 is 6.24. The molecule has 2 atom stereocenters. The molecule has 1 aromatic carbocycles. The maximum absolute atomic E-state index is 11.8. The monoisotopic (exact) mass is 316 g/mol. The summed E-state index contributed by atoms with van der Waals surface area (Å²) in [6.45, 7) is 0. The fourth-order valence-electron chi connectivity index (χ4n) is 2.78. The predicted octanol–water partition coefficient (Wildman–Crippen LogP) is 2.78. The Morgan fingerprint density at radius 3 is 2.55 bits per heavy atom. The van der Waals surface area contributed by atoms with Gasteiger partial charge in [0, 0.05) is 32.1 Å². The Hall–Kier alpha value is -0.940. The molecule has 1 fully saturated rings. The van der Waals surface area contributed by atoms with Crippen LogP contribution in [0.1, 0.15) is 19.3 Å². The molecule has 1 saturated carbocycles. The molecule has 0 heterocycles. The lowest BCUT2D eigenvalue weighted by Gasteiger charge is -2.22. The number of anilines is 2. The normalized spacial score (nSPS) is 22.8. The number of benzene rings is 1. The van der Waals surface area contributed by atoms with Crippen molar-refractivity contribution in [3.63, 3.8) is 0 Å². The third-order valence-corrected chi connectivity index (χ3v) is 5.75. The number of rotatable bonds is 4. The van der Waals surface area contributed by atoms with Crippen molar-refractivity contribution in [2.45, 2.75) is 30.6 Å². The van der Waals surface area contributed by atoms with E-state index in [1.807, 2.05) is 37.2 Å². The highest BCUT2D eigenvalue weighted by Crippen LogP contribution is 2.31. The first kappa shape index (κ1) is 15.4. The summed E-state index contributed by atoms with van der Waals surface area (Å²) in [6.07, 6.45) is 3.88. The van der Waals surface area contributed by atoms with Crippen molar-refractivity contribution in [1.29, 1.82) is 0 Å². The Morgan fingerprint density at radius 2 is 2.00 bits per heavy atom. The van der Waals surface area contributed by atoms with Crippen LogP contribution in [0.5, 0.6) is 0 Å². The number of sulfone groups is 1. The molecule has 6 heteroatoms. The lowest BCUT2D eigenvalue weighted by Crippen LogP contribution is -2.34. The summed E-state index contributed by atoms with van der Waals surface area (Å²) in [7, 11) is 0.864. The van der Waals surface area contributed by atoms with Crippen molar-refractivity contribution in [1.82, 2.24) is 0 Å². The van der Waals surface area contributed by atoms with Crippen molar-refractivity contribution in [3.8, 4) is 0 Å². The number of halogens is 1. The van der Waals surface area contributed by atoms with Crippen molar-refractivity contribution in [3.05, 3.63) is 23.2 Å². The Morgan fingerprint density at radius 1 is 1.30 bits per heavy atom. The summed E-state index contributed by atoms with van der Waals surface area (Å²) in [4.78, 5) is 1.95. The van der Waals surface area contributed by atoms with Gasteiger partial charge in [0.25, 0.3) is 0 Å². The number of hydrogen-bond acceptors (Lipinski definition) is 4. The molecule has 0 amide bonds. The average Bonchev–Trinajstić information content (AvgIpc) is 2.76. The molecule has 0 radical (unpaired) electrons. The second-order valence-corrected chi connectivity index (χ2v) is 8.28. The molecule has 0 spiro atoms. The van der Waals surface area contributed by atoms with Crippen LogP contribution in [0.15, 0.2) is 18.2 Å². The second kappa shape index (κ2) is 5.82. The smallest absolute Gasteiger partial charge is 0.152 e. The molecule has 4 nitrogen and oxygen atoms in total. The van der Waals surface area contributed by atoms with Crippen molar-refractivity contribution in [2.75, 3.05) is 30.6 Å². The molecule has 0 bridgehead atoms. The Labute approximate surface area is 126 Å². The minimum absolute atomic E-state index is 0.0220. The lowest BCUT2D eigenvalue weighted by molar-refractivity contribution is 0.579. The van der Waals surface area contributed by atoms with Crippen LogP contribution in [0.3, 0.4) is 0 Å². The highest BCUT2D eigenvalue weighted by molar-refractivity contribution is 7.91. The molecule has 0 saturated heterocycles. The first-order valence-corrected chi connectivity index (χ1v) is 9.04. The van der Waals surface area contributed by atoms with Gasteiger partial charge in [0.05, 0.1) is 16.0 Å². The van der Waals surface area contributed by atoms with E-state index in [2.05, 4.69) is 5.32 Å². The van der Waals surface area contributed by atoms with Crippen molar-refractivity contribution in [2.24, 2.45) is 0 Å². The van der Waals surface area contributed by atoms with E-state index < -0.39 is 9.84 Å². The van der Waals surface area contributed by atoms with Crippen LogP contribution in [-0.2, 0) is 9.84 Å².